The molecule has 8 nitrogen and oxygen atoms in total. The molecule has 1 aliphatic carbocycles. The molecule has 1 N–H and O–H groups in total. The van der Waals surface area contributed by atoms with Gasteiger partial charge in [-0.1, -0.05) is 9.97 Å². The van der Waals surface area contributed by atoms with Crippen molar-refractivity contribution in [2.45, 2.75) is 17.7 Å². The molecular weight excluding hydrogens is 284 g/mol. The van der Waals surface area contributed by atoms with E-state index in [1.165, 1.54) is 30.5 Å². The van der Waals surface area contributed by atoms with E-state index in [4.69, 9.17) is 5.26 Å². The highest BCUT2D eigenvalue weighted by molar-refractivity contribution is 7.90. The van der Waals surface area contributed by atoms with Gasteiger partial charge in [0, 0.05) is 5.92 Å². The van der Waals surface area contributed by atoms with E-state index in [-0.39, 0.29) is 21.4 Å². The Hall–Kier alpha value is -2.47. The van der Waals surface area contributed by atoms with E-state index < -0.39 is 15.9 Å². The van der Waals surface area contributed by atoms with Crippen LogP contribution in [0.4, 0.5) is 5.69 Å². The molecule has 0 atom stereocenters. The van der Waals surface area contributed by atoms with E-state index in [1.807, 2.05) is 4.72 Å². The predicted octanol–water partition coefficient (Wildman–Crippen LogP) is 0.977. The Morgan fingerprint density at radius 3 is 2.50 bits per heavy atom. The van der Waals surface area contributed by atoms with Gasteiger partial charge >= 0.3 is 6.19 Å². The molecule has 104 valence electrons. The molecule has 0 unspecified atom stereocenters. The summed E-state index contributed by atoms with van der Waals surface area (Å²) in [6, 6.07) is 4.93. The number of hydrogen-bond acceptors (Lipinski definition) is 6. The minimum atomic E-state index is -3.91. The van der Waals surface area contributed by atoms with Crippen molar-refractivity contribution >= 4 is 21.6 Å². The number of carbonyl (C=O) groups excluding carboxylic acids is 1. The quantitative estimate of drug-likeness (QED) is 0.291. The van der Waals surface area contributed by atoms with E-state index in [0.29, 0.717) is 12.8 Å². The Morgan fingerprint density at radius 1 is 1.40 bits per heavy atom. The van der Waals surface area contributed by atoms with E-state index in [0.717, 1.165) is 0 Å². The van der Waals surface area contributed by atoms with Crippen molar-refractivity contribution in [1.29, 1.82) is 5.26 Å². The minimum absolute atomic E-state index is 0.111. The largest absolute Gasteiger partial charge is 0.682 e. The highest BCUT2D eigenvalue weighted by atomic mass is 32.2. The van der Waals surface area contributed by atoms with Crippen LogP contribution in [0.5, 0.6) is 0 Å². The first kappa shape index (κ1) is 14.0. The lowest BCUT2D eigenvalue weighted by Crippen LogP contribution is -2.31. The Balaban J connectivity index is 2.16. The van der Waals surface area contributed by atoms with Crippen LogP contribution in [0.1, 0.15) is 12.8 Å². The van der Waals surface area contributed by atoms with Gasteiger partial charge < -0.3 is 5.21 Å². The van der Waals surface area contributed by atoms with Crippen LogP contribution in [0.3, 0.4) is 0 Å². The fourth-order valence-corrected chi connectivity index (χ4v) is 2.48. The number of nitrogens with one attached hydrogen (secondary N) is 1. The number of azo groups is 1. The van der Waals surface area contributed by atoms with Crippen molar-refractivity contribution < 1.29 is 18.1 Å². The molecule has 9 heteroatoms. The van der Waals surface area contributed by atoms with E-state index in [2.05, 4.69) is 5.11 Å². The molecule has 0 aliphatic heterocycles. The van der Waals surface area contributed by atoms with Crippen LogP contribution in [0.2, 0.25) is 0 Å². The summed E-state index contributed by atoms with van der Waals surface area (Å²) in [6.45, 7) is 0. The fourth-order valence-electron chi connectivity index (χ4n) is 1.44. The summed E-state index contributed by atoms with van der Waals surface area (Å²) >= 11 is 0. The maximum absolute atomic E-state index is 11.9. The van der Waals surface area contributed by atoms with Gasteiger partial charge in [-0.25, -0.2) is 13.1 Å². The van der Waals surface area contributed by atoms with Crippen molar-refractivity contribution in [2.24, 2.45) is 11.0 Å². The van der Waals surface area contributed by atoms with Gasteiger partial charge in [0.15, 0.2) is 5.26 Å². The molecule has 0 heterocycles. The number of rotatable bonds is 4. The SMILES string of the molecule is N#C/[N+]([O-])=N/c1ccc(S(=O)(=O)NC(=O)C2CC2)cc1. The highest BCUT2D eigenvalue weighted by Crippen LogP contribution is 2.29. The maximum Gasteiger partial charge on any atom is 0.485 e. The zero-order valence-corrected chi connectivity index (χ0v) is 11.0. The lowest BCUT2D eigenvalue weighted by atomic mass is 10.3. The first-order chi connectivity index (χ1) is 9.42. The van der Waals surface area contributed by atoms with Gasteiger partial charge in [-0.05, 0) is 37.1 Å². The summed E-state index contributed by atoms with van der Waals surface area (Å²) in [7, 11) is -3.91. The maximum atomic E-state index is 11.9. The molecule has 0 spiro atoms. The average Bonchev–Trinajstić information content (AvgIpc) is 3.23. The zero-order chi connectivity index (χ0) is 14.8. The van der Waals surface area contributed by atoms with Crippen molar-refractivity contribution in [3.8, 4) is 6.19 Å². The number of benzene rings is 1. The number of carbonyl (C=O) groups is 1. The molecule has 1 fully saturated rings. The Bertz CT molecular complexity index is 699. The number of hydrogen-bond donors (Lipinski definition) is 1. The molecular formula is C11H10N4O4S. The third-order valence-electron chi connectivity index (χ3n) is 2.62. The summed E-state index contributed by atoms with van der Waals surface area (Å²) in [5.74, 6) is -0.724. The van der Waals surface area contributed by atoms with Gasteiger partial charge in [-0.2, -0.15) is 0 Å². The van der Waals surface area contributed by atoms with Crippen molar-refractivity contribution in [3.63, 3.8) is 0 Å². The van der Waals surface area contributed by atoms with Gasteiger partial charge in [0.25, 0.3) is 10.0 Å². The lowest BCUT2D eigenvalue weighted by Gasteiger charge is -2.06. The molecule has 2 rings (SSSR count). The first-order valence-electron chi connectivity index (χ1n) is 5.68. The second-order valence-electron chi connectivity index (χ2n) is 4.21. The molecule has 1 saturated carbocycles. The lowest BCUT2D eigenvalue weighted by molar-refractivity contribution is -0.433. The normalized spacial score (nSPS) is 15.4. The van der Waals surface area contributed by atoms with E-state index >= 15 is 0 Å². The van der Waals surface area contributed by atoms with Crippen LogP contribution in [0, 0.1) is 22.6 Å². The first-order valence-corrected chi connectivity index (χ1v) is 7.16. The Kier molecular flexibility index (Phi) is 3.67. The van der Waals surface area contributed by atoms with Gasteiger partial charge in [-0.15, -0.1) is 0 Å². The second-order valence-corrected chi connectivity index (χ2v) is 5.89. The van der Waals surface area contributed by atoms with Gasteiger partial charge in [0.2, 0.25) is 5.91 Å². The molecule has 0 saturated heterocycles. The van der Waals surface area contributed by atoms with Crippen molar-refractivity contribution in [2.75, 3.05) is 0 Å². The zero-order valence-electron chi connectivity index (χ0n) is 10.2. The summed E-state index contributed by atoms with van der Waals surface area (Å²) in [4.78, 5) is 11.1. The summed E-state index contributed by atoms with van der Waals surface area (Å²) in [5.41, 5.74) is 0.133. The molecule has 1 aromatic carbocycles. The van der Waals surface area contributed by atoms with Crippen LogP contribution in [-0.2, 0) is 14.8 Å². The summed E-state index contributed by atoms with van der Waals surface area (Å²) in [5, 5.41) is 22.3. The van der Waals surface area contributed by atoms with Gasteiger partial charge in [0.05, 0.1) is 4.90 Å². The van der Waals surface area contributed by atoms with E-state index in [1.54, 1.807) is 0 Å². The average molecular weight is 294 g/mol. The Labute approximate surface area is 115 Å². The number of sulfonamides is 1. The third-order valence-corrected chi connectivity index (χ3v) is 3.98. The van der Waals surface area contributed by atoms with Crippen LogP contribution in [0.25, 0.3) is 0 Å². The topological polar surface area (TPSA) is 125 Å². The highest BCUT2D eigenvalue weighted by Gasteiger charge is 2.32. The monoisotopic (exact) mass is 294 g/mol. The standard InChI is InChI=1S/C11H10N4O4S/c12-7-15(17)13-9-3-5-10(6-4-9)20(18,19)14-11(16)8-1-2-8/h3-6,8H,1-2H2,(H,14,16)/b15-13-. The van der Waals surface area contributed by atoms with Crippen LogP contribution in [-0.4, -0.2) is 19.2 Å². The molecule has 20 heavy (non-hydrogen) atoms. The molecule has 0 aromatic heterocycles. The smallest absolute Gasteiger partial charge is 0.485 e. The molecule has 0 bridgehead atoms. The van der Waals surface area contributed by atoms with Gasteiger partial charge in [0.1, 0.15) is 5.69 Å². The summed E-state index contributed by atoms with van der Waals surface area (Å²) < 4.78 is 25.7. The molecule has 1 amide bonds. The number of nitrogens with zero attached hydrogens (tertiary/aromatic N) is 3. The predicted molar refractivity (Wildman–Crippen MR) is 65.8 cm³/mol. The van der Waals surface area contributed by atoms with Crippen LogP contribution >= 0.6 is 0 Å². The third kappa shape index (κ3) is 3.30. The van der Waals surface area contributed by atoms with Crippen LogP contribution < -0.4 is 4.72 Å². The molecule has 1 aromatic rings. The number of hydroxylamine groups is 1. The van der Waals surface area contributed by atoms with E-state index in [9.17, 15) is 18.4 Å². The minimum Gasteiger partial charge on any atom is -0.682 e. The molecule has 0 radical (unpaired) electrons. The number of amides is 1. The van der Waals surface area contributed by atoms with Crippen molar-refractivity contribution in [1.82, 2.24) is 4.72 Å². The Morgan fingerprint density at radius 2 is 2.00 bits per heavy atom. The summed E-state index contributed by atoms with van der Waals surface area (Å²) in [6.07, 6.45) is 2.64. The fraction of sp³-hybridized carbons (Fsp3) is 0.273. The second kappa shape index (κ2) is 5.26. The van der Waals surface area contributed by atoms with Gasteiger partial charge in [-0.3, -0.25) is 4.79 Å². The molecule has 1 aliphatic rings. The number of nitriles is 1. The van der Waals surface area contributed by atoms with Crippen LogP contribution in [0.15, 0.2) is 34.3 Å². The van der Waals surface area contributed by atoms with Crippen molar-refractivity contribution in [3.05, 3.63) is 29.5 Å².